The fourth-order valence-corrected chi connectivity index (χ4v) is 0.685. The summed E-state index contributed by atoms with van der Waals surface area (Å²) in [5, 5.41) is 6.70. The van der Waals surface area contributed by atoms with Gasteiger partial charge in [-0.3, -0.25) is 0 Å². The highest BCUT2D eigenvalue weighted by atomic mass is 32.2. The Hall–Kier alpha value is -0.820. The molecule has 6 nitrogen and oxygen atoms in total. The summed E-state index contributed by atoms with van der Waals surface area (Å²) < 4.78 is 24.3. The summed E-state index contributed by atoms with van der Waals surface area (Å²) in [5.41, 5.74) is -0.554. The van der Waals surface area contributed by atoms with Crippen LogP contribution in [0.3, 0.4) is 0 Å². The Morgan fingerprint density at radius 3 is 2.08 bits per heavy atom. The van der Waals surface area contributed by atoms with Crippen LogP contribution in [0.4, 0.5) is 4.79 Å². The standard InChI is InChI=1S/C5H12N2O4S/c1-5(2,3)7-4(8)11-12(6,9)10/h1-3H3,(H,7,8)(H2,6,9,10). The van der Waals surface area contributed by atoms with Crippen molar-refractivity contribution < 1.29 is 17.4 Å². The van der Waals surface area contributed by atoms with Crippen LogP contribution in [0.25, 0.3) is 0 Å². The van der Waals surface area contributed by atoms with Gasteiger partial charge in [0, 0.05) is 5.54 Å². The van der Waals surface area contributed by atoms with Crippen molar-refractivity contribution in [3.05, 3.63) is 0 Å². The van der Waals surface area contributed by atoms with Crippen LogP contribution in [0, 0.1) is 0 Å². The van der Waals surface area contributed by atoms with E-state index in [0.29, 0.717) is 0 Å². The molecule has 0 aliphatic carbocycles. The number of nitrogens with one attached hydrogen (secondary N) is 1. The number of amides is 1. The van der Waals surface area contributed by atoms with Crippen LogP contribution in [0.2, 0.25) is 0 Å². The summed E-state index contributed by atoms with van der Waals surface area (Å²) in [5.74, 6) is 0. The van der Waals surface area contributed by atoms with Crippen molar-refractivity contribution in [1.29, 1.82) is 0 Å². The Bertz CT molecular complexity index is 264. The first-order valence-corrected chi connectivity index (χ1v) is 4.62. The van der Waals surface area contributed by atoms with E-state index >= 15 is 0 Å². The van der Waals surface area contributed by atoms with E-state index in [1.165, 1.54) is 0 Å². The second-order valence-corrected chi connectivity index (χ2v) is 4.39. The molecule has 0 saturated heterocycles. The smallest absolute Gasteiger partial charge is 0.316 e. The number of hydrogen-bond acceptors (Lipinski definition) is 4. The van der Waals surface area contributed by atoms with Crippen molar-refractivity contribution in [1.82, 2.24) is 5.32 Å². The third kappa shape index (κ3) is 7.29. The Morgan fingerprint density at radius 1 is 1.42 bits per heavy atom. The molecule has 0 aromatic rings. The molecule has 0 fully saturated rings. The van der Waals surface area contributed by atoms with Crippen LogP contribution in [-0.4, -0.2) is 20.0 Å². The van der Waals surface area contributed by atoms with Crippen LogP contribution in [-0.2, 0) is 14.5 Å². The van der Waals surface area contributed by atoms with Gasteiger partial charge in [0.05, 0.1) is 0 Å². The monoisotopic (exact) mass is 196 g/mol. The van der Waals surface area contributed by atoms with E-state index in [2.05, 4.69) is 14.6 Å². The van der Waals surface area contributed by atoms with E-state index in [1.54, 1.807) is 20.8 Å². The maximum atomic E-state index is 10.7. The highest BCUT2D eigenvalue weighted by Gasteiger charge is 2.18. The number of rotatable bonds is 1. The van der Waals surface area contributed by atoms with Crippen LogP contribution in [0.1, 0.15) is 20.8 Å². The normalized spacial score (nSPS) is 12.3. The Morgan fingerprint density at radius 2 is 1.83 bits per heavy atom. The summed E-state index contributed by atoms with van der Waals surface area (Å²) in [6.07, 6.45) is -1.08. The van der Waals surface area contributed by atoms with E-state index in [1.807, 2.05) is 0 Å². The molecule has 0 atom stereocenters. The van der Waals surface area contributed by atoms with Gasteiger partial charge in [0.1, 0.15) is 0 Å². The summed E-state index contributed by atoms with van der Waals surface area (Å²) in [4.78, 5) is 10.7. The molecule has 0 saturated carbocycles. The van der Waals surface area contributed by atoms with E-state index < -0.39 is 21.9 Å². The fraction of sp³-hybridized carbons (Fsp3) is 0.800. The maximum absolute atomic E-state index is 10.7. The zero-order valence-electron chi connectivity index (χ0n) is 7.12. The molecule has 0 radical (unpaired) electrons. The molecular formula is C5H12N2O4S. The fourth-order valence-electron chi connectivity index (χ4n) is 0.433. The van der Waals surface area contributed by atoms with Gasteiger partial charge < -0.3 is 9.50 Å². The van der Waals surface area contributed by atoms with Gasteiger partial charge in [0.2, 0.25) is 0 Å². The van der Waals surface area contributed by atoms with Crippen molar-refractivity contribution in [2.45, 2.75) is 26.3 Å². The predicted octanol–water partition coefficient (Wildman–Crippen LogP) is -0.285. The molecule has 72 valence electrons. The Balaban J connectivity index is 4.10. The van der Waals surface area contributed by atoms with Crippen molar-refractivity contribution in [2.24, 2.45) is 5.14 Å². The molecule has 0 bridgehead atoms. The number of hydrogen-bond donors (Lipinski definition) is 2. The lowest BCUT2D eigenvalue weighted by Crippen LogP contribution is -2.42. The molecular weight excluding hydrogens is 184 g/mol. The van der Waals surface area contributed by atoms with Gasteiger partial charge >= 0.3 is 16.4 Å². The molecule has 0 aliphatic heterocycles. The molecule has 7 heteroatoms. The van der Waals surface area contributed by atoms with Crippen molar-refractivity contribution >= 4 is 16.4 Å². The molecule has 0 heterocycles. The number of carbonyl (C=O) groups is 1. The number of nitrogens with two attached hydrogens (primary N) is 1. The Labute approximate surface area is 71.3 Å². The first-order valence-electron chi connectivity index (χ1n) is 3.14. The minimum Gasteiger partial charge on any atom is -0.316 e. The van der Waals surface area contributed by atoms with Crippen molar-refractivity contribution in [3.63, 3.8) is 0 Å². The van der Waals surface area contributed by atoms with Crippen molar-refractivity contribution in [3.8, 4) is 0 Å². The molecule has 0 unspecified atom stereocenters. The zero-order valence-corrected chi connectivity index (χ0v) is 7.94. The summed E-state index contributed by atoms with van der Waals surface area (Å²) >= 11 is 0. The highest BCUT2D eigenvalue weighted by Crippen LogP contribution is 1.99. The quantitative estimate of drug-likeness (QED) is 0.602. The second kappa shape index (κ2) is 3.28. The first kappa shape index (κ1) is 11.2. The van der Waals surface area contributed by atoms with Gasteiger partial charge in [-0.2, -0.15) is 13.6 Å². The van der Waals surface area contributed by atoms with Gasteiger partial charge in [0.15, 0.2) is 0 Å². The van der Waals surface area contributed by atoms with E-state index in [4.69, 9.17) is 0 Å². The van der Waals surface area contributed by atoms with Gasteiger partial charge in [0.25, 0.3) is 0 Å². The summed E-state index contributed by atoms with van der Waals surface area (Å²) in [7, 11) is -4.21. The average Bonchev–Trinajstić information content (AvgIpc) is 1.49. The Kier molecular flexibility index (Phi) is 3.05. The molecule has 3 N–H and O–H groups in total. The van der Waals surface area contributed by atoms with Crippen LogP contribution in [0.5, 0.6) is 0 Å². The molecule has 1 amide bonds. The average molecular weight is 196 g/mol. The van der Waals surface area contributed by atoms with Gasteiger partial charge in [-0.25, -0.2) is 4.79 Å². The molecule has 0 aliphatic rings. The van der Waals surface area contributed by atoms with Gasteiger partial charge in [-0.15, -0.1) is 0 Å². The van der Waals surface area contributed by atoms with Crippen LogP contribution in [0.15, 0.2) is 0 Å². The molecule has 0 rings (SSSR count). The molecule has 0 aromatic carbocycles. The zero-order chi connectivity index (χ0) is 9.99. The minimum absolute atomic E-state index is 0.554. The van der Waals surface area contributed by atoms with E-state index in [9.17, 15) is 13.2 Å². The lowest BCUT2D eigenvalue weighted by atomic mass is 10.1. The molecule has 0 spiro atoms. The first-order chi connectivity index (χ1) is 5.10. The topological polar surface area (TPSA) is 98.5 Å². The molecule has 0 aromatic heterocycles. The third-order valence-electron chi connectivity index (χ3n) is 0.669. The minimum atomic E-state index is -4.21. The largest absolute Gasteiger partial charge is 0.424 e. The number of carbonyl (C=O) groups excluding carboxylic acids is 1. The van der Waals surface area contributed by atoms with Crippen LogP contribution >= 0.6 is 0 Å². The third-order valence-corrected chi connectivity index (χ3v) is 1.05. The van der Waals surface area contributed by atoms with Crippen LogP contribution < -0.4 is 10.5 Å². The predicted molar refractivity (Wildman–Crippen MR) is 42.5 cm³/mol. The lowest BCUT2D eigenvalue weighted by Gasteiger charge is -2.18. The highest BCUT2D eigenvalue weighted by molar-refractivity contribution is 7.84. The lowest BCUT2D eigenvalue weighted by molar-refractivity contribution is 0.193. The van der Waals surface area contributed by atoms with E-state index in [-0.39, 0.29) is 0 Å². The summed E-state index contributed by atoms with van der Waals surface area (Å²) in [6, 6.07) is 0. The van der Waals surface area contributed by atoms with E-state index in [0.717, 1.165) is 0 Å². The van der Waals surface area contributed by atoms with Crippen molar-refractivity contribution in [2.75, 3.05) is 0 Å². The summed E-state index contributed by atoms with van der Waals surface area (Å²) in [6.45, 7) is 5.03. The SMILES string of the molecule is CC(C)(C)NC(=O)OS(N)(=O)=O. The molecule has 12 heavy (non-hydrogen) atoms. The van der Waals surface area contributed by atoms with Gasteiger partial charge in [-0.1, -0.05) is 0 Å². The maximum Gasteiger partial charge on any atom is 0.424 e. The second-order valence-electron chi connectivity index (χ2n) is 3.24. The van der Waals surface area contributed by atoms with Gasteiger partial charge in [-0.05, 0) is 20.8 Å².